The Morgan fingerprint density at radius 2 is 1.60 bits per heavy atom. The second-order valence-electron chi connectivity index (χ2n) is 6.74. The number of imide groups is 1. The average Bonchev–Trinajstić information content (AvgIpc) is 2.89. The van der Waals surface area contributed by atoms with Crippen molar-refractivity contribution in [2.75, 3.05) is 12.0 Å². The largest absolute Gasteiger partial charge is 0.320 e. The van der Waals surface area contributed by atoms with Gasteiger partial charge in [0.2, 0.25) is 11.8 Å². The van der Waals surface area contributed by atoms with Crippen LogP contribution in [0.5, 0.6) is 0 Å². The summed E-state index contributed by atoms with van der Waals surface area (Å²) in [5.74, 6) is -0.532. The molecule has 3 aliphatic carbocycles. The Morgan fingerprint density at radius 3 is 2.12 bits per heavy atom. The molecule has 1 aromatic carbocycles. The van der Waals surface area contributed by atoms with Crippen molar-refractivity contribution in [1.29, 1.82) is 0 Å². The Bertz CT molecular complexity index is 729. The van der Waals surface area contributed by atoms with Crippen LogP contribution in [0.4, 0.5) is 10.5 Å². The molecule has 130 valence electrons. The molecule has 1 aromatic rings. The van der Waals surface area contributed by atoms with Gasteiger partial charge in [-0.25, -0.2) is 4.79 Å². The summed E-state index contributed by atoms with van der Waals surface area (Å²) in [4.78, 5) is 38.5. The highest BCUT2D eigenvalue weighted by atomic mass is 35.5. The first-order chi connectivity index (χ1) is 12.0. The molecule has 2 bridgehead atoms. The average molecular weight is 360 g/mol. The maximum absolute atomic E-state index is 12.6. The number of hydrogen-bond acceptors (Lipinski definition) is 3. The number of amides is 4. The highest BCUT2D eigenvalue weighted by Gasteiger charge is 2.56. The Kier molecular flexibility index (Phi) is 4.00. The van der Waals surface area contributed by atoms with Crippen molar-refractivity contribution in [3.05, 3.63) is 41.4 Å². The molecular weight excluding hydrogens is 342 g/mol. The Balaban J connectivity index is 1.38. The summed E-state index contributed by atoms with van der Waals surface area (Å²) in [6, 6.07) is 6.20. The van der Waals surface area contributed by atoms with E-state index in [0.717, 1.165) is 12.8 Å². The molecule has 7 heteroatoms. The maximum atomic E-state index is 12.6. The van der Waals surface area contributed by atoms with E-state index >= 15 is 0 Å². The highest BCUT2D eigenvalue weighted by molar-refractivity contribution is 6.30. The van der Waals surface area contributed by atoms with Crippen molar-refractivity contribution in [2.45, 2.75) is 12.8 Å². The molecule has 2 fully saturated rings. The molecule has 4 aliphatic rings. The first kappa shape index (κ1) is 16.1. The molecule has 0 radical (unpaired) electrons. The minimum absolute atomic E-state index is 0.108. The van der Waals surface area contributed by atoms with Crippen molar-refractivity contribution in [1.82, 2.24) is 10.2 Å². The Labute approximate surface area is 150 Å². The second kappa shape index (κ2) is 6.19. The van der Waals surface area contributed by atoms with Crippen molar-refractivity contribution in [2.24, 2.45) is 23.7 Å². The molecule has 1 aliphatic heterocycles. The number of allylic oxidation sites excluding steroid dienone is 2. The van der Waals surface area contributed by atoms with Crippen LogP contribution in [-0.4, -0.2) is 29.4 Å². The topological polar surface area (TPSA) is 78.5 Å². The number of benzene rings is 1. The van der Waals surface area contributed by atoms with E-state index in [0.29, 0.717) is 10.7 Å². The summed E-state index contributed by atoms with van der Waals surface area (Å²) in [7, 11) is 0. The zero-order chi connectivity index (χ0) is 17.6. The fourth-order valence-electron chi connectivity index (χ4n) is 4.15. The van der Waals surface area contributed by atoms with E-state index in [1.807, 2.05) is 0 Å². The van der Waals surface area contributed by atoms with Gasteiger partial charge in [0.05, 0.1) is 11.8 Å². The van der Waals surface area contributed by atoms with E-state index in [-0.39, 0.29) is 42.2 Å². The van der Waals surface area contributed by atoms with Crippen LogP contribution in [0.2, 0.25) is 5.02 Å². The van der Waals surface area contributed by atoms with E-state index in [1.54, 1.807) is 24.3 Å². The minimum Gasteiger partial charge on any atom is -0.320 e. The van der Waals surface area contributed by atoms with Crippen molar-refractivity contribution < 1.29 is 14.4 Å². The van der Waals surface area contributed by atoms with E-state index in [4.69, 9.17) is 11.6 Å². The van der Waals surface area contributed by atoms with E-state index in [1.165, 1.54) is 4.90 Å². The number of likely N-dealkylation sites (tertiary alicyclic amines) is 1. The van der Waals surface area contributed by atoms with Gasteiger partial charge in [-0.2, -0.15) is 0 Å². The van der Waals surface area contributed by atoms with Gasteiger partial charge in [-0.1, -0.05) is 23.8 Å². The maximum Gasteiger partial charge on any atom is 0.320 e. The van der Waals surface area contributed by atoms with E-state index < -0.39 is 6.03 Å². The Hall–Kier alpha value is -2.34. The SMILES string of the molecule is O=C(NCN1C(=O)C2C3C=CC(CC3)C2C1=O)Nc1ccc(Cl)cc1. The predicted molar refractivity (Wildman–Crippen MR) is 92.7 cm³/mol. The monoisotopic (exact) mass is 359 g/mol. The number of carbonyl (C=O) groups is 3. The number of carbonyl (C=O) groups excluding carboxylic acids is 3. The summed E-state index contributed by atoms with van der Waals surface area (Å²) < 4.78 is 0. The third kappa shape index (κ3) is 2.80. The van der Waals surface area contributed by atoms with E-state index in [2.05, 4.69) is 22.8 Å². The molecular formula is C18H18ClN3O3. The molecule has 4 amide bonds. The van der Waals surface area contributed by atoms with Gasteiger partial charge in [-0.3, -0.25) is 14.5 Å². The van der Waals surface area contributed by atoms with Gasteiger partial charge in [-0.15, -0.1) is 0 Å². The van der Waals surface area contributed by atoms with Crippen LogP contribution in [0.25, 0.3) is 0 Å². The normalized spacial score (nSPS) is 29.7. The molecule has 4 atom stereocenters. The number of nitrogens with zero attached hydrogens (tertiary/aromatic N) is 1. The van der Waals surface area contributed by atoms with Gasteiger partial charge in [-0.05, 0) is 48.9 Å². The lowest BCUT2D eigenvalue weighted by Gasteiger charge is -2.38. The Morgan fingerprint density at radius 1 is 1.04 bits per heavy atom. The fraction of sp³-hybridized carbons (Fsp3) is 0.389. The van der Waals surface area contributed by atoms with Gasteiger partial charge in [0.1, 0.15) is 6.67 Å². The fourth-order valence-corrected chi connectivity index (χ4v) is 4.28. The first-order valence-electron chi connectivity index (χ1n) is 8.38. The van der Waals surface area contributed by atoms with Gasteiger partial charge in [0, 0.05) is 10.7 Å². The minimum atomic E-state index is -0.473. The van der Waals surface area contributed by atoms with Crippen LogP contribution in [0.3, 0.4) is 0 Å². The molecule has 25 heavy (non-hydrogen) atoms. The third-order valence-electron chi connectivity index (χ3n) is 5.35. The van der Waals surface area contributed by atoms with Crippen LogP contribution in [0.15, 0.2) is 36.4 Å². The zero-order valence-electron chi connectivity index (χ0n) is 13.4. The van der Waals surface area contributed by atoms with Crippen LogP contribution in [0.1, 0.15) is 12.8 Å². The molecule has 2 N–H and O–H groups in total. The quantitative estimate of drug-likeness (QED) is 0.643. The lowest BCUT2D eigenvalue weighted by molar-refractivity contribution is -0.140. The molecule has 1 saturated heterocycles. The molecule has 1 heterocycles. The standard InChI is InChI=1S/C18H18ClN3O3/c19-12-5-7-13(8-6-12)21-18(25)20-9-22-16(23)14-10-1-2-11(4-3-10)15(14)17(22)24/h1-2,5-8,10-11,14-15H,3-4,9H2,(H2,20,21,25). The van der Waals surface area contributed by atoms with Crippen LogP contribution in [0, 0.1) is 23.7 Å². The molecule has 6 nitrogen and oxygen atoms in total. The first-order valence-corrected chi connectivity index (χ1v) is 8.76. The number of halogens is 1. The second-order valence-corrected chi connectivity index (χ2v) is 7.18. The van der Waals surface area contributed by atoms with Gasteiger partial charge >= 0.3 is 6.03 Å². The van der Waals surface area contributed by atoms with E-state index in [9.17, 15) is 14.4 Å². The number of urea groups is 1. The zero-order valence-corrected chi connectivity index (χ0v) is 14.2. The number of anilines is 1. The number of fused-ring (bicyclic) bond motifs is 1. The lowest BCUT2D eigenvalue weighted by Crippen LogP contribution is -2.43. The molecule has 0 aromatic heterocycles. The smallest absolute Gasteiger partial charge is 0.320 e. The molecule has 1 saturated carbocycles. The summed E-state index contributed by atoms with van der Waals surface area (Å²) in [6.45, 7) is -0.108. The summed E-state index contributed by atoms with van der Waals surface area (Å²) in [6.07, 6.45) is 6.06. The van der Waals surface area contributed by atoms with Crippen LogP contribution < -0.4 is 10.6 Å². The third-order valence-corrected chi connectivity index (χ3v) is 5.60. The highest BCUT2D eigenvalue weighted by Crippen LogP contribution is 2.49. The van der Waals surface area contributed by atoms with Gasteiger partial charge in [0.15, 0.2) is 0 Å². The van der Waals surface area contributed by atoms with Gasteiger partial charge < -0.3 is 10.6 Å². The van der Waals surface area contributed by atoms with Crippen LogP contribution in [-0.2, 0) is 9.59 Å². The summed E-state index contributed by atoms with van der Waals surface area (Å²) >= 11 is 5.80. The molecule has 4 unspecified atom stereocenters. The van der Waals surface area contributed by atoms with Crippen molar-refractivity contribution in [3.63, 3.8) is 0 Å². The number of nitrogens with one attached hydrogen (secondary N) is 2. The number of hydrogen-bond donors (Lipinski definition) is 2. The summed E-state index contributed by atoms with van der Waals surface area (Å²) in [5, 5.41) is 5.81. The van der Waals surface area contributed by atoms with Crippen molar-refractivity contribution >= 4 is 35.1 Å². The lowest BCUT2D eigenvalue weighted by atomic mass is 9.63. The van der Waals surface area contributed by atoms with Crippen molar-refractivity contribution in [3.8, 4) is 0 Å². The van der Waals surface area contributed by atoms with Crippen LogP contribution >= 0.6 is 11.6 Å². The summed E-state index contributed by atoms with van der Waals surface area (Å²) in [5.41, 5.74) is 0.580. The van der Waals surface area contributed by atoms with Gasteiger partial charge in [0.25, 0.3) is 0 Å². The predicted octanol–water partition coefficient (Wildman–Crippen LogP) is 2.62. The number of rotatable bonds is 3. The molecule has 5 rings (SSSR count). The molecule has 0 spiro atoms.